The molecule has 0 radical (unpaired) electrons. The molecule has 0 aliphatic carbocycles. The molecule has 0 aromatic carbocycles. The maximum Gasteiger partial charge on any atom is 0.293 e. The number of hydrogen-bond acceptors (Lipinski definition) is 2. The minimum absolute atomic E-state index is 0.477. The Labute approximate surface area is 87.3 Å². The lowest BCUT2D eigenvalue weighted by Gasteiger charge is -2.24. The van der Waals surface area contributed by atoms with Crippen molar-refractivity contribution in [3.8, 4) is 0 Å². The second kappa shape index (κ2) is 6.63. The van der Waals surface area contributed by atoms with Gasteiger partial charge in [0.05, 0.1) is 0 Å². The number of carbonyl (C=O) groups is 1. The summed E-state index contributed by atoms with van der Waals surface area (Å²) in [6, 6.07) is 0. The molecule has 0 spiro atoms. The largest absolute Gasteiger partial charge is 0.457 e. The Hall–Kier alpha value is -0.790. The van der Waals surface area contributed by atoms with Crippen molar-refractivity contribution in [2.24, 2.45) is 5.92 Å². The van der Waals surface area contributed by atoms with E-state index in [0.29, 0.717) is 6.47 Å². The fourth-order valence-electron chi connectivity index (χ4n) is 1.32. The molecule has 0 N–H and O–H groups in total. The van der Waals surface area contributed by atoms with Gasteiger partial charge < -0.3 is 4.74 Å². The van der Waals surface area contributed by atoms with Gasteiger partial charge in [-0.2, -0.15) is 0 Å². The summed E-state index contributed by atoms with van der Waals surface area (Å²) in [7, 11) is 0. The molecule has 82 valence electrons. The van der Waals surface area contributed by atoms with Crippen LogP contribution in [0, 0.1) is 5.92 Å². The third-order valence-corrected chi connectivity index (χ3v) is 2.82. The van der Waals surface area contributed by atoms with E-state index in [1.807, 2.05) is 6.92 Å². The fourth-order valence-corrected chi connectivity index (χ4v) is 1.32. The number of hydrogen-bond donors (Lipinski definition) is 0. The summed E-state index contributed by atoms with van der Waals surface area (Å²) >= 11 is 0. The van der Waals surface area contributed by atoms with E-state index in [1.165, 1.54) is 12.8 Å². The zero-order valence-electron chi connectivity index (χ0n) is 9.58. The Kier molecular flexibility index (Phi) is 6.26. The van der Waals surface area contributed by atoms with Gasteiger partial charge in [-0.25, -0.2) is 0 Å². The lowest BCUT2D eigenvalue weighted by atomic mass is 9.94. The average Bonchev–Trinajstić information content (AvgIpc) is 2.18. The smallest absolute Gasteiger partial charge is 0.293 e. The molecular weight excluding hydrogens is 176 g/mol. The van der Waals surface area contributed by atoms with Crippen molar-refractivity contribution >= 4 is 6.47 Å². The molecule has 0 aromatic rings. The molecular formula is C12H22O2. The van der Waals surface area contributed by atoms with Crippen molar-refractivity contribution in [2.45, 2.75) is 52.1 Å². The summed E-state index contributed by atoms with van der Waals surface area (Å²) in [4.78, 5) is 10.3. The number of rotatable bonds is 8. The van der Waals surface area contributed by atoms with Crippen LogP contribution < -0.4 is 0 Å². The summed E-state index contributed by atoms with van der Waals surface area (Å²) in [5.41, 5.74) is -0.477. The van der Waals surface area contributed by atoms with E-state index in [4.69, 9.17) is 4.74 Å². The molecule has 0 rings (SSSR count). The summed E-state index contributed by atoms with van der Waals surface area (Å²) in [6.45, 7) is 10.5. The van der Waals surface area contributed by atoms with E-state index < -0.39 is 5.60 Å². The highest BCUT2D eigenvalue weighted by Crippen LogP contribution is 2.21. The Morgan fingerprint density at radius 3 is 2.64 bits per heavy atom. The van der Waals surface area contributed by atoms with Crippen LogP contribution in [0.2, 0.25) is 0 Å². The first-order valence-corrected chi connectivity index (χ1v) is 5.33. The van der Waals surface area contributed by atoms with Crippen LogP contribution in [-0.2, 0) is 9.53 Å². The van der Waals surface area contributed by atoms with Crippen LogP contribution >= 0.6 is 0 Å². The average molecular weight is 198 g/mol. The van der Waals surface area contributed by atoms with Gasteiger partial charge >= 0.3 is 0 Å². The second-order valence-corrected chi connectivity index (χ2v) is 4.14. The van der Waals surface area contributed by atoms with Gasteiger partial charge in [-0.3, -0.25) is 4.79 Å². The molecule has 0 aliphatic heterocycles. The number of carbonyl (C=O) groups excluding carboxylic acids is 1. The van der Waals surface area contributed by atoms with Crippen molar-refractivity contribution in [3.05, 3.63) is 12.7 Å². The van der Waals surface area contributed by atoms with Gasteiger partial charge in [0.1, 0.15) is 5.60 Å². The van der Waals surface area contributed by atoms with Gasteiger partial charge in [0.15, 0.2) is 0 Å². The third kappa shape index (κ3) is 5.05. The molecule has 0 fully saturated rings. The zero-order valence-corrected chi connectivity index (χ0v) is 9.58. The lowest BCUT2D eigenvalue weighted by molar-refractivity contribution is -0.138. The predicted molar refractivity (Wildman–Crippen MR) is 59.1 cm³/mol. The minimum atomic E-state index is -0.477. The van der Waals surface area contributed by atoms with Crippen LogP contribution in [0.3, 0.4) is 0 Å². The van der Waals surface area contributed by atoms with Crippen LogP contribution in [0.15, 0.2) is 12.7 Å². The molecule has 2 atom stereocenters. The Bertz CT molecular complexity index is 177. The fraction of sp³-hybridized carbons (Fsp3) is 0.750. The summed E-state index contributed by atoms with van der Waals surface area (Å²) < 4.78 is 5.00. The van der Waals surface area contributed by atoms with Gasteiger partial charge in [0.25, 0.3) is 6.47 Å². The first kappa shape index (κ1) is 13.2. The molecule has 2 nitrogen and oxygen atoms in total. The molecule has 0 saturated heterocycles. The van der Waals surface area contributed by atoms with Crippen molar-refractivity contribution in [2.75, 3.05) is 0 Å². The Balaban J connectivity index is 3.83. The molecule has 0 bridgehead atoms. The van der Waals surface area contributed by atoms with Crippen LogP contribution in [0.5, 0.6) is 0 Å². The van der Waals surface area contributed by atoms with Crippen molar-refractivity contribution in [1.29, 1.82) is 0 Å². The minimum Gasteiger partial charge on any atom is -0.457 e. The molecule has 0 saturated carbocycles. The van der Waals surface area contributed by atoms with E-state index in [2.05, 4.69) is 20.4 Å². The first-order chi connectivity index (χ1) is 6.58. The van der Waals surface area contributed by atoms with E-state index in [9.17, 15) is 4.79 Å². The molecule has 2 unspecified atom stereocenters. The van der Waals surface area contributed by atoms with E-state index in [0.717, 1.165) is 18.8 Å². The monoisotopic (exact) mass is 198 g/mol. The van der Waals surface area contributed by atoms with Crippen molar-refractivity contribution < 1.29 is 9.53 Å². The standard InChI is InChI=1S/C12H22O2/c1-5-11(3)8-7-9-12(4,6-2)14-10-13/h6,10-11H,2,5,7-9H2,1,3-4H3. The summed E-state index contributed by atoms with van der Waals surface area (Å²) in [6.07, 6.45) is 6.03. The van der Waals surface area contributed by atoms with E-state index in [-0.39, 0.29) is 0 Å². The highest BCUT2D eigenvalue weighted by molar-refractivity contribution is 5.39. The Morgan fingerprint density at radius 1 is 1.57 bits per heavy atom. The molecule has 14 heavy (non-hydrogen) atoms. The van der Waals surface area contributed by atoms with Gasteiger partial charge in [-0.05, 0) is 31.8 Å². The van der Waals surface area contributed by atoms with Crippen LogP contribution in [-0.4, -0.2) is 12.1 Å². The molecule has 0 heterocycles. The van der Waals surface area contributed by atoms with Crippen molar-refractivity contribution in [3.63, 3.8) is 0 Å². The van der Waals surface area contributed by atoms with Gasteiger partial charge in [0, 0.05) is 0 Å². The maximum absolute atomic E-state index is 10.3. The van der Waals surface area contributed by atoms with Crippen LogP contribution in [0.25, 0.3) is 0 Å². The van der Waals surface area contributed by atoms with E-state index in [1.54, 1.807) is 6.08 Å². The summed E-state index contributed by atoms with van der Waals surface area (Å²) in [5, 5.41) is 0. The molecule has 0 amide bonds. The van der Waals surface area contributed by atoms with Gasteiger partial charge in [-0.15, -0.1) is 0 Å². The molecule has 2 heteroatoms. The maximum atomic E-state index is 10.3. The molecule has 0 aromatic heterocycles. The van der Waals surface area contributed by atoms with Crippen molar-refractivity contribution in [1.82, 2.24) is 0 Å². The van der Waals surface area contributed by atoms with E-state index >= 15 is 0 Å². The normalized spacial score (nSPS) is 16.8. The van der Waals surface area contributed by atoms with Crippen LogP contribution in [0.1, 0.15) is 46.5 Å². The third-order valence-electron chi connectivity index (χ3n) is 2.82. The van der Waals surface area contributed by atoms with Gasteiger partial charge in [-0.1, -0.05) is 33.3 Å². The SMILES string of the molecule is C=CC(C)(CCCC(C)CC)OC=O. The summed E-state index contributed by atoms with van der Waals surface area (Å²) in [5.74, 6) is 0.750. The zero-order chi connectivity index (χ0) is 11.0. The second-order valence-electron chi connectivity index (χ2n) is 4.14. The van der Waals surface area contributed by atoms with Gasteiger partial charge in [0.2, 0.25) is 0 Å². The Morgan fingerprint density at radius 2 is 2.21 bits per heavy atom. The molecule has 0 aliphatic rings. The number of ether oxygens (including phenoxy) is 1. The highest BCUT2D eigenvalue weighted by atomic mass is 16.5. The first-order valence-electron chi connectivity index (χ1n) is 5.33. The predicted octanol–water partition coefficient (Wildman–Crippen LogP) is 3.32. The topological polar surface area (TPSA) is 26.3 Å². The highest BCUT2D eigenvalue weighted by Gasteiger charge is 2.20. The van der Waals surface area contributed by atoms with Crippen LogP contribution in [0.4, 0.5) is 0 Å². The lowest BCUT2D eigenvalue weighted by Crippen LogP contribution is -2.25. The quantitative estimate of drug-likeness (QED) is 0.442.